The van der Waals surface area contributed by atoms with Crippen molar-refractivity contribution < 1.29 is 9.90 Å². The minimum absolute atomic E-state index is 0.179. The van der Waals surface area contributed by atoms with E-state index in [0.29, 0.717) is 11.2 Å². The zero-order valence-corrected chi connectivity index (χ0v) is 11.7. The number of rotatable bonds is 2. The lowest BCUT2D eigenvalue weighted by Gasteiger charge is -2.02. The topological polar surface area (TPSA) is 78.9 Å². The van der Waals surface area contributed by atoms with E-state index in [4.69, 9.17) is 0 Å². The third-order valence-corrected chi connectivity index (χ3v) is 4.92. The molecule has 0 fully saturated rings. The van der Waals surface area contributed by atoms with Crippen molar-refractivity contribution in [2.75, 3.05) is 0 Å². The largest absolute Gasteiger partial charge is 0.478 e. The predicted octanol–water partition coefficient (Wildman–Crippen LogP) is 3.05. The first-order valence-corrected chi connectivity index (χ1v) is 7.43. The number of carboxylic acid groups (broad SMARTS) is 1. The van der Waals surface area contributed by atoms with Gasteiger partial charge in [-0.15, -0.1) is 11.8 Å². The number of benzene rings is 1. The molecule has 0 aliphatic carbocycles. The van der Waals surface area contributed by atoms with Crippen LogP contribution in [0.5, 0.6) is 0 Å². The minimum atomic E-state index is -0.972. The fourth-order valence-corrected chi connectivity index (χ4v) is 3.85. The van der Waals surface area contributed by atoms with Gasteiger partial charge in [-0.25, -0.2) is 14.8 Å². The van der Waals surface area contributed by atoms with Gasteiger partial charge in [0.1, 0.15) is 5.82 Å². The molecular formula is C15H11N3O2S. The number of aromatic nitrogens is 3. The molecule has 1 aliphatic rings. The van der Waals surface area contributed by atoms with E-state index in [9.17, 15) is 9.90 Å². The molecule has 1 aromatic carbocycles. The standard InChI is InChI=1S/C15H11N3O2S/c19-15(20)9-5-6-16-14-12(9)17-13(18-14)11-7-8-3-1-2-4-10(8)21-11/h1-6,11H,7H2,(H,19,20)(H,16,17,18). The van der Waals surface area contributed by atoms with Crippen molar-refractivity contribution in [2.45, 2.75) is 16.6 Å². The Morgan fingerprint density at radius 3 is 3.00 bits per heavy atom. The maximum Gasteiger partial charge on any atom is 0.338 e. The first kappa shape index (κ1) is 12.4. The molecule has 2 N–H and O–H groups in total. The number of pyridine rings is 1. The normalized spacial score (nSPS) is 17.0. The van der Waals surface area contributed by atoms with Crippen molar-refractivity contribution in [3.8, 4) is 0 Å². The van der Waals surface area contributed by atoms with Crippen molar-refractivity contribution in [1.82, 2.24) is 15.0 Å². The average molecular weight is 297 g/mol. The van der Waals surface area contributed by atoms with Gasteiger partial charge in [-0.1, -0.05) is 18.2 Å². The van der Waals surface area contributed by atoms with E-state index in [0.717, 1.165) is 12.2 Å². The Balaban J connectivity index is 1.76. The molecule has 1 aliphatic heterocycles. The number of fused-ring (bicyclic) bond motifs is 2. The zero-order valence-electron chi connectivity index (χ0n) is 10.9. The van der Waals surface area contributed by atoms with Crippen LogP contribution in [0.3, 0.4) is 0 Å². The van der Waals surface area contributed by atoms with Gasteiger partial charge in [-0.2, -0.15) is 0 Å². The van der Waals surface area contributed by atoms with Gasteiger partial charge in [-0.3, -0.25) is 0 Å². The third-order valence-electron chi connectivity index (χ3n) is 3.59. The molecule has 3 aromatic rings. The highest BCUT2D eigenvalue weighted by Gasteiger charge is 2.26. The summed E-state index contributed by atoms with van der Waals surface area (Å²) in [5.41, 5.74) is 2.47. The van der Waals surface area contributed by atoms with Crippen LogP contribution in [0.2, 0.25) is 0 Å². The quantitative estimate of drug-likeness (QED) is 0.760. The van der Waals surface area contributed by atoms with E-state index in [-0.39, 0.29) is 10.8 Å². The molecule has 0 saturated carbocycles. The molecule has 5 nitrogen and oxygen atoms in total. The van der Waals surface area contributed by atoms with Crippen LogP contribution in [0, 0.1) is 0 Å². The third kappa shape index (κ3) is 1.99. The van der Waals surface area contributed by atoms with Gasteiger partial charge in [0.2, 0.25) is 0 Å². The summed E-state index contributed by atoms with van der Waals surface area (Å²) >= 11 is 1.75. The molecule has 2 aromatic heterocycles. The monoisotopic (exact) mass is 297 g/mol. The molecular weight excluding hydrogens is 286 g/mol. The van der Waals surface area contributed by atoms with Crippen molar-refractivity contribution in [2.24, 2.45) is 0 Å². The number of aromatic carboxylic acids is 1. The summed E-state index contributed by atoms with van der Waals surface area (Å²) in [4.78, 5) is 24.3. The molecule has 21 heavy (non-hydrogen) atoms. The second-order valence-corrected chi connectivity index (χ2v) is 6.15. The average Bonchev–Trinajstić information content (AvgIpc) is 3.09. The van der Waals surface area contributed by atoms with Gasteiger partial charge in [0, 0.05) is 11.1 Å². The summed E-state index contributed by atoms with van der Waals surface area (Å²) in [5, 5.41) is 9.40. The smallest absolute Gasteiger partial charge is 0.338 e. The van der Waals surface area contributed by atoms with Crippen LogP contribution in [0.15, 0.2) is 41.4 Å². The van der Waals surface area contributed by atoms with Gasteiger partial charge < -0.3 is 10.1 Å². The maximum absolute atomic E-state index is 11.2. The van der Waals surface area contributed by atoms with Crippen molar-refractivity contribution >= 4 is 28.9 Å². The predicted molar refractivity (Wildman–Crippen MR) is 79.6 cm³/mol. The van der Waals surface area contributed by atoms with Crippen LogP contribution in [0.25, 0.3) is 11.2 Å². The summed E-state index contributed by atoms with van der Waals surface area (Å²) in [5.74, 6) is -0.188. The second-order valence-electron chi connectivity index (χ2n) is 4.90. The molecule has 6 heteroatoms. The van der Waals surface area contributed by atoms with Crippen molar-refractivity contribution in [3.05, 3.63) is 53.5 Å². The van der Waals surface area contributed by atoms with Crippen LogP contribution in [0.4, 0.5) is 0 Å². The summed E-state index contributed by atoms with van der Waals surface area (Å²) < 4.78 is 0. The SMILES string of the molecule is O=C(O)c1ccnc2nc(C3Cc4ccccc4S3)[nH]c12. The fourth-order valence-electron chi connectivity index (χ4n) is 2.59. The van der Waals surface area contributed by atoms with Gasteiger partial charge in [0.05, 0.1) is 16.3 Å². The Morgan fingerprint density at radius 1 is 1.33 bits per heavy atom. The first-order valence-electron chi connectivity index (χ1n) is 6.55. The molecule has 1 atom stereocenters. The number of imidazole rings is 1. The zero-order chi connectivity index (χ0) is 14.4. The van der Waals surface area contributed by atoms with Crippen LogP contribution in [0.1, 0.15) is 27.0 Å². The van der Waals surface area contributed by atoms with Crippen LogP contribution >= 0.6 is 11.8 Å². The van der Waals surface area contributed by atoms with E-state index in [2.05, 4.69) is 27.1 Å². The Labute approximate surface area is 124 Å². The van der Waals surface area contributed by atoms with E-state index in [1.54, 1.807) is 11.8 Å². The Bertz CT molecular complexity index is 834. The summed E-state index contributed by atoms with van der Waals surface area (Å²) in [6.45, 7) is 0. The molecule has 0 spiro atoms. The molecule has 4 rings (SSSR count). The van der Waals surface area contributed by atoms with E-state index in [1.807, 2.05) is 12.1 Å². The molecule has 0 bridgehead atoms. The number of nitrogens with one attached hydrogen (secondary N) is 1. The molecule has 104 valence electrons. The lowest BCUT2D eigenvalue weighted by atomic mass is 10.1. The highest BCUT2D eigenvalue weighted by Crippen LogP contribution is 2.45. The first-order chi connectivity index (χ1) is 10.2. The number of nitrogens with zero attached hydrogens (tertiary/aromatic N) is 2. The van der Waals surface area contributed by atoms with E-state index in [1.165, 1.54) is 22.7 Å². The van der Waals surface area contributed by atoms with Crippen molar-refractivity contribution in [1.29, 1.82) is 0 Å². The van der Waals surface area contributed by atoms with Crippen LogP contribution in [-0.4, -0.2) is 26.0 Å². The Kier molecular flexibility index (Phi) is 2.71. The highest BCUT2D eigenvalue weighted by atomic mass is 32.2. The van der Waals surface area contributed by atoms with Gasteiger partial charge in [0.25, 0.3) is 0 Å². The lowest BCUT2D eigenvalue weighted by molar-refractivity contribution is 0.0698. The number of carboxylic acids is 1. The summed E-state index contributed by atoms with van der Waals surface area (Å²) in [6.07, 6.45) is 2.37. The molecule has 0 amide bonds. The minimum Gasteiger partial charge on any atom is -0.478 e. The summed E-state index contributed by atoms with van der Waals surface area (Å²) in [7, 11) is 0. The number of thioether (sulfide) groups is 1. The van der Waals surface area contributed by atoms with Gasteiger partial charge >= 0.3 is 5.97 Å². The number of carbonyl (C=O) groups is 1. The number of aromatic amines is 1. The Morgan fingerprint density at radius 2 is 2.19 bits per heavy atom. The van der Waals surface area contributed by atoms with Crippen molar-refractivity contribution in [3.63, 3.8) is 0 Å². The van der Waals surface area contributed by atoms with Gasteiger partial charge in [0.15, 0.2) is 5.65 Å². The number of H-pyrrole nitrogens is 1. The van der Waals surface area contributed by atoms with Gasteiger partial charge in [-0.05, 0) is 24.1 Å². The highest BCUT2D eigenvalue weighted by molar-refractivity contribution is 7.99. The number of hydrogen-bond donors (Lipinski definition) is 2. The van der Waals surface area contributed by atoms with Crippen LogP contribution < -0.4 is 0 Å². The summed E-state index contributed by atoms with van der Waals surface area (Å²) in [6, 6.07) is 9.76. The lowest BCUT2D eigenvalue weighted by Crippen LogP contribution is -1.98. The van der Waals surface area contributed by atoms with Crippen LogP contribution in [-0.2, 0) is 6.42 Å². The number of hydrogen-bond acceptors (Lipinski definition) is 4. The molecule has 0 radical (unpaired) electrons. The molecule has 3 heterocycles. The van der Waals surface area contributed by atoms with E-state index >= 15 is 0 Å². The fraction of sp³-hybridized carbons (Fsp3) is 0.133. The second kappa shape index (κ2) is 4.60. The Hall–Kier alpha value is -2.34. The maximum atomic E-state index is 11.2. The molecule has 1 unspecified atom stereocenters. The van der Waals surface area contributed by atoms with E-state index < -0.39 is 5.97 Å². The molecule has 0 saturated heterocycles.